The number of benzene rings is 2. The minimum absolute atomic E-state index is 0.156. The van der Waals surface area contributed by atoms with Crippen molar-refractivity contribution in [2.24, 2.45) is 0 Å². The lowest BCUT2D eigenvalue weighted by atomic mass is 10.2. The molecule has 9 heteroatoms. The molecule has 140 valence electrons. The van der Waals surface area contributed by atoms with E-state index >= 15 is 0 Å². The highest BCUT2D eigenvalue weighted by atomic mass is 32.2. The first-order valence-electron chi connectivity index (χ1n) is 7.54. The quantitative estimate of drug-likeness (QED) is 0.831. The van der Waals surface area contributed by atoms with Crippen LogP contribution < -0.4 is 14.4 Å². The summed E-state index contributed by atoms with van der Waals surface area (Å²) < 4.78 is 56.0. The van der Waals surface area contributed by atoms with Gasteiger partial charge in [0, 0.05) is 13.1 Å². The second-order valence-corrected chi connectivity index (χ2v) is 7.61. The number of ether oxygens (including phenoxy) is 1. The average molecular weight is 384 g/mol. The number of hydrogen-bond acceptors (Lipinski definition) is 4. The number of rotatable bonds is 6. The monoisotopic (exact) mass is 384 g/mol. The Kier molecular flexibility index (Phi) is 5.81. The van der Waals surface area contributed by atoms with E-state index in [0.717, 1.165) is 22.7 Å². The number of sulfonamides is 1. The van der Waals surface area contributed by atoms with Crippen LogP contribution in [0.1, 0.15) is 6.92 Å². The number of nitrogens with zero attached hydrogens (tertiary/aromatic N) is 1. The van der Waals surface area contributed by atoms with Gasteiger partial charge >= 0.3 is 0 Å². The molecule has 2 rings (SSSR count). The molecular weight excluding hydrogens is 366 g/mol. The largest absolute Gasteiger partial charge is 0.481 e. The summed E-state index contributed by atoms with van der Waals surface area (Å²) in [5.74, 6) is -1.92. The summed E-state index contributed by atoms with van der Waals surface area (Å²) >= 11 is 0. The Bertz CT molecular complexity index is 901. The summed E-state index contributed by atoms with van der Waals surface area (Å²) in [4.78, 5) is 12.1. The third-order valence-corrected chi connectivity index (χ3v) is 4.77. The summed E-state index contributed by atoms with van der Waals surface area (Å²) in [6.45, 7) is 1.47. The van der Waals surface area contributed by atoms with Crippen molar-refractivity contribution in [3.8, 4) is 5.75 Å². The van der Waals surface area contributed by atoms with Crippen LogP contribution in [0.2, 0.25) is 0 Å². The zero-order chi connectivity index (χ0) is 19.5. The Morgan fingerprint density at radius 2 is 1.77 bits per heavy atom. The first-order valence-corrected chi connectivity index (χ1v) is 9.39. The van der Waals surface area contributed by atoms with Gasteiger partial charge < -0.3 is 10.1 Å². The van der Waals surface area contributed by atoms with Crippen molar-refractivity contribution >= 4 is 27.3 Å². The van der Waals surface area contributed by atoms with Crippen LogP contribution in [-0.4, -0.2) is 33.7 Å². The second-order valence-electron chi connectivity index (χ2n) is 5.60. The van der Waals surface area contributed by atoms with Gasteiger partial charge in [0.15, 0.2) is 6.10 Å². The third-order valence-electron chi connectivity index (χ3n) is 3.57. The Hall–Kier alpha value is -2.68. The molecule has 6 nitrogen and oxygen atoms in total. The Balaban J connectivity index is 2.02. The Morgan fingerprint density at radius 1 is 1.15 bits per heavy atom. The normalized spacial score (nSPS) is 12.3. The van der Waals surface area contributed by atoms with Gasteiger partial charge in [0.25, 0.3) is 5.91 Å². The molecule has 0 spiro atoms. The minimum atomic E-state index is -3.38. The SMILES string of the molecule is C[C@@H](Oc1ccc(N(C)S(C)(=O)=O)cc1)C(=O)Nc1ccc(F)cc1F. The molecule has 0 bridgehead atoms. The van der Waals surface area contributed by atoms with Gasteiger partial charge in [-0.15, -0.1) is 0 Å². The van der Waals surface area contributed by atoms with E-state index in [2.05, 4.69) is 5.32 Å². The zero-order valence-corrected chi connectivity index (χ0v) is 15.2. The van der Waals surface area contributed by atoms with Crippen LogP contribution in [0, 0.1) is 11.6 Å². The maximum Gasteiger partial charge on any atom is 0.265 e. The van der Waals surface area contributed by atoms with Crippen molar-refractivity contribution in [3.05, 3.63) is 54.1 Å². The number of amides is 1. The van der Waals surface area contributed by atoms with E-state index in [9.17, 15) is 22.0 Å². The van der Waals surface area contributed by atoms with Gasteiger partial charge in [-0.3, -0.25) is 9.10 Å². The highest BCUT2D eigenvalue weighted by Crippen LogP contribution is 2.21. The molecule has 2 aromatic rings. The van der Waals surface area contributed by atoms with Gasteiger partial charge in [-0.2, -0.15) is 0 Å². The molecular formula is C17H18F2N2O4S. The molecule has 1 N–H and O–H groups in total. The lowest BCUT2D eigenvalue weighted by Gasteiger charge is -2.18. The van der Waals surface area contributed by atoms with E-state index in [0.29, 0.717) is 17.5 Å². The van der Waals surface area contributed by atoms with Crippen molar-refractivity contribution in [1.82, 2.24) is 0 Å². The standard InChI is InChI=1S/C17H18F2N2O4S/c1-11(17(22)20-16-9-4-12(18)10-15(16)19)25-14-7-5-13(6-8-14)21(2)26(3,23)24/h4-11H,1-3H3,(H,20,22)/t11-/m1/s1. The molecule has 1 amide bonds. The van der Waals surface area contributed by atoms with E-state index < -0.39 is 33.7 Å². The lowest BCUT2D eigenvalue weighted by molar-refractivity contribution is -0.122. The van der Waals surface area contributed by atoms with E-state index in [1.54, 1.807) is 0 Å². The third kappa shape index (κ3) is 4.92. The molecule has 0 saturated carbocycles. The molecule has 0 aliphatic heterocycles. The van der Waals surface area contributed by atoms with E-state index in [4.69, 9.17) is 4.74 Å². The van der Waals surface area contributed by atoms with Crippen LogP contribution in [0.5, 0.6) is 5.75 Å². The molecule has 0 heterocycles. The summed E-state index contributed by atoms with van der Waals surface area (Å²) in [5.41, 5.74) is 0.280. The van der Waals surface area contributed by atoms with Crippen LogP contribution in [0.3, 0.4) is 0 Å². The number of halogens is 2. The number of carbonyl (C=O) groups excluding carboxylic acids is 1. The fourth-order valence-corrected chi connectivity index (χ4v) is 2.51. The van der Waals surface area contributed by atoms with Crippen molar-refractivity contribution in [1.29, 1.82) is 0 Å². The molecule has 0 radical (unpaired) electrons. The van der Waals surface area contributed by atoms with Crippen LogP contribution in [-0.2, 0) is 14.8 Å². The van der Waals surface area contributed by atoms with Crippen LogP contribution >= 0.6 is 0 Å². The first-order chi connectivity index (χ1) is 12.1. The maximum atomic E-state index is 13.6. The smallest absolute Gasteiger partial charge is 0.265 e. The minimum Gasteiger partial charge on any atom is -0.481 e. The molecule has 0 aliphatic carbocycles. The number of anilines is 2. The van der Waals surface area contributed by atoms with Gasteiger partial charge in [0.1, 0.15) is 17.4 Å². The van der Waals surface area contributed by atoms with Crippen LogP contribution in [0.25, 0.3) is 0 Å². The lowest BCUT2D eigenvalue weighted by Crippen LogP contribution is -2.30. The maximum absolute atomic E-state index is 13.6. The van der Waals surface area contributed by atoms with Gasteiger partial charge in [0.2, 0.25) is 10.0 Å². The van der Waals surface area contributed by atoms with E-state index in [-0.39, 0.29) is 5.69 Å². The topological polar surface area (TPSA) is 75.7 Å². The number of nitrogens with one attached hydrogen (secondary N) is 1. The Labute approximate surface area is 150 Å². The molecule has 1 atom stereocenters. The fourth-order valence-electron chi connectivity index (χ4n) is 2.01. The molecule has 0 unspecified atom stereocenters. The molecule has 0 aromatic heterocycles. The van der Waals surface area contributed by atoms with E-state index in [1.165, 1.54) is 38.2 Å². The zero-order valence-electron chi connectivity index (χ0n) is 14.4. The highest BCUT2D eigenvalue weighted by molar-refractivity contribution is 7.92. The van der Waals surface area contributed by atoms with Crippen LogP contribution in [0.4, 0.5) is 20.2 Å². The molecule has 0 saturated heterocycles. The fraction of sp³-hybridized carbons (Fsp3) is 0.235. The molecule has 2 aromatic carbocycles. The predicted molar refractivity (Wildman–Crippen MR) is 94.8 cm³/mol. The second kappa shape index (κ2) is 7.69. The molecule has 0 aliphatic rings. The number of hydrogen-bond donors (Lipinski definition) is 1. The van der Waals surface area contributed by atoms with Gasteiger partial charge in [-0.1, -0.05) is 0 Å². The first kappa shape index (κ1) is 19.6. The van der Waals surface area contributed by atoms with Gasteiger partial charge in [0.05, 0.1) is 17.6 Å². The van der Waals surface area contributed by atoms with Crippen molar-refractivity contribution in [2.75, 3.05) is 22.9 Å². The van der Waals surface area contributed by atoms with E-state index in [1.807, 2.05) is 0 Å². The summed E-state index contributed by atoms with van der Waals surface area (Å²) in [7, 11) is -1.97. The number of carbonyl (C=O) groups is 1. The molecule has 26 heavy (non-hydrogen) atoms. The van der Waals surface area contributed by atoms with Crippen molar-refractivity contribution in [2.45, 2.75) is 13.0 Å². The Morgan fingerprint density at radius 3 is 2.31 bits per heavy atom. The van der Waals surface area contributed by atoms with Gasteiger partial charge in [-0.25, -0.2) is 17.2 Å². The van der Waals surface area contributed by atoms with Crippen molar-refractivity contribution in [3.63, 3.8) is 0 Å². The molecule has 0 fully saturated rings. The van der Waals surface area contributed by atoms with Crippen LogP contribution in [0.15, 0.2) is 42.5 Å². The predicted octanol–water partition coefficient (Wildman–Crippen LogP) is 2.77. The van der Waals surface area contributed by atoms with Crippen molar-refractivity contribution < 1.29 is 26.7 Å². The summed E-state index contributed by atoms with van der Waals surface area (Å²) in [6, 6.07) is 8.89. The average Bonchev–Trinajstić information content (AvgIpc) is 2.56. The summed E-state index contributed by atoms with van der Waals surface area (Å²) in [5, 5.41) is 2.31. The summed E-state index contributed by atoms with van der Waals surface area (Å²) in [6.07, 6.45) is 0.122. The highest BCUT2D eigenvalue weighted by Gasteiger charge is 2.17. The van der Waals surface area contributed by atoms with Gasteiger partial charge in [-0.05, 0) is 43.3 Å².